The molecule has 1 spiro atoms. The Labute approximate surface area is 261 Å². The quantitative estimate of drug-likeness (QED) is 0.320. The normalized spacial score (nSPS) is 17.5. The second kappa shape index (κ2) is 13.2. The van der Waals surface area contributed by atoms with E-state index in [2.05, 4.69) is 9.80 Å². The van der Waals surface area contributed by atoms with E-state index in [-0.39, 0.29) is 24.4 Å². The first kappa shape index (κ1) is 31.3. The molecule has 2 aliphatic rings. The molecule has 0 saturated carbocycles. The van der Waals surface area contributed by atoms with Gasteiger partial charge in [-0.2, -0.15) is 0 Å². The van der Waals surface area contributed by atoms with E-state index in [9.17, 15) is 14.4 Å². The maximum absolute atomic E-state index is 14.2. The Kier molecular flexibility index (Phi) is 9.39. The number of benzene rings is 3. The summed E-state index contributed by atoms with van der Waals surface area (Å²) in [6.45, 7) is 6.24. The van der Waals surface area contributed by atoms with Gasteiger partial charge in [0.2, 0.25) is 5.91 Å². The van der Waals surface area contributed by atoms with E-state index in [0.717, 1.165) is 16.8 Å². The molecule has 8 nitrogen and oxygen atoms in total. The number of esters is 1. The standard InChI is InChI=1S/C36H44N4O4/c1-5-44-32(41)28(2)39-27-40(31-19-13-8-14-20-31)35(33(39)42)21-24-38(25-22-35)26-23-36(34(43)37(3)4,29-15-9-6-10-16-29)30-17-11-7-12-18-30/h6-20,28H,5,21-27H2,1-4H3. The number of para-hydroxylation sites is 1. The molecule has 2 heterocycles. The molecule has 44 heavy (non-hydrogen) atoms. The van der Waals surface area contributed by atoms with Crippen LogP contribution in [0.15, 0.2) is 91.0 Å². The summed E-state index contributed by atoms with van der Waals surface area (Å²) in [5.41, 5.74) is 1.34. The number of nitrogens with zero attached hydrogens (tertiary/aromatic N) is 4. The highest BCUT2D eigenvalue weighted by atomic mass is 16.5. The number of ether oxygens (including phenoxy) is 1. The Bertz CT molecular complexity index is 1380. The molecule has 8 heteroatoms. The maximum Gasteiger partial charge on any atom is 0.328 e. The van der Waals surface area contributed by atoms with Crippen molar-refractivity contribution < 1.29 is 19.1 Å². The zero-order valence-electron chi connectivity index (χ0n) is 26.3. The van der Waals surface area contributed by atoms with Gasteiger partial charge in [-0.25, -0.2) is 4.79 Å². The Hall–Kier alpha value is -4.17. The first-order valence-electron chi connectivity index (χ1n) is 15.6. The van der Waals surface area contributed by atoms with Crippen molar-refractivity contribution >= 4 is 23.5 Å². The fraction of sp³-hybridized carbons (Fsp3) is 0.417. The van der Waals surface area contributed by atoms with Crippen molar-refractivity contribution in [2.75, 3.05) is 51.9 Å². The van der Waals surface area contributed by atoms with Gasteiger partial charge >= 0.3 is 5.97 Å². The van der Waals surface area contributed by atoms with Gasteiger partial charge in [0.05, 0.1) is 13.3 Å². The van der Waals surface area contributed by atoms with Gasteiger partial charge in [-0.05, 0) is 62.9 Å². The Morgan fingerprint density at radius 3 is 1.91 bits per heavy atom. The van der Waals surface area contributed by atoms with Crippen LogP contribution in [-0.4, -0.2) is 91.1 Å². The topological polar surface area (TPSA) is 73.4 Å². The van der Waals surface area contributed by atoms with Crippen molar-refractivity contribution in [2.45, 2.75) is 50.1 Å². The molecule has 0 aliphatic carbocycles. The Morgan fingerprint density at radius 1 is 0.886 bits per heavy atom. The number of carbonyl (C=O) groups is 3. The van der Waals surface area contributed by atoms with Crippen molar-refractivity contribution in [3.8, 4) is 0 Å². The molecule has 2 saturated heterocycles. The molecule has 3 aromatic rings. The van der Waals surface area contributed by atoms with Crippen LogP contribution in [0.25, 0.3) is 0 Å². The summed E-state index contributed by atoms with van der Waals surface area (Å²) >= 11 is 0. The maximum atomic E-state index is 14.2. The average molecular weight is 597 g/mol. The number of hydrogen-bond acceptors (Lipinski definition) is 6. The van der Waals surface area contributed by atoms with Crippen LogP contribution in [0.4, 0.5) is 5.69 Å². The van der Waals surface area contributed by atoms with E-state index in [0.29, 0.717) is 45.6 Å². The lowest BCUT2D eigenvalue weighted by molar-refractivity contribution is -0.153. The summed E-state index contributed by atoms with van der Waals surface area (Å²) in [4.78, 5) is 48.9. The van der Waals surface area contributed by atoms with Crippen LogP contribution in [0.5, 0.6) is 0 Å². The summed E-state index contributed by atoms with van der Waals surface area (Å²) in [7, 11) is 3.64. The number of piperidine rings is 1. The highest BCUT2D eigenvalue weighted by Gasteiger charge is 2.55. The van der Waals surface area contributed by atoms with Crippen LogP contribution >= 0.6 is 0 Å². The van der Waals surface area contributed by atoms with Gasteiger partial charge in [0.15, 0.2) is 0 Å². The van der Waals surface area contributed by atoms with Crippen molar-refractivity contribution in [3.05, 3.63) is 102 Å². The third-order valence-electron chi connectivity index (χ3n) is 9.42. The Morgan fingerprint density at radius 2 is 1.41 bits per heavy atom. The van der Waals surface area contributed by atoms with Gasteiger partial charge in [-0.1, -0.05) is 78.9 Å². The SMILES string of the molecule is CCOC(=O)C(C)N1CN(c2ccccc2)C2(CCN(CCC(C(=O)N(C)C)(c3ccccc3)c3ccccc3)CC2)C1=O. The number of anilines is 1. The predicted molar refractivity (Wildman–Crippen MR) is 172 cm³/mol. The predicted octanol–water partition coefficient (Wildman–Crippen LogP) is 4.54. The van der Waals surface area contributed by atoms with Gasteiger partial charge in [0.25, 0.3) is 5.91 Å². The highest BCUT2D eigenvalue weighted by Crippen LogP contribution is 2.42. The molecule has 0 radical (unpaired) electrons. The largest absolute Gasteiger partial charge is 0.464 e. The lowest BCUT2D eigenvalue weighted by atomic mass is 9.70. The van der Waals surface area contributed by atoms with E-state index in [1.165, 1.54) is 0 Å². The van der Waals surface area contributed by atoms with E-state index in [4.69, 9.17) is 4.74 Å². The minimum absolute atomic E-state index is 0.0211. The molecule has 2 fully saturated rings. The molecule has 2 aliphatic heterocycles. The van der Waals surface area contributed by atoms with Crippen molar-refractivity contribution in [3.63, 3.8) is 0 Å². The first-order valence-corrected chi connectivity index (χ1v) is 15.6. The minimum atomic E-state index is -0.841. The Balaban J connectivity index is 1.40. The zero-order valence-corrected chi connectivity index (χ0v) is 26.3. The van der Waals surface area contributed by atoms with Crippen molar-refractivity contribution in [1.29, 1.82) is 0 Å². The van der Waals surface area contributed by atoms with E-state index in [1.54, 1.807) is 23.6 Å². The average Bonchev–Trinajstić information content (AvgIpc) is 3.34. The second-order valence-electron chi connectivity index (χ2n) is 12.1. The molecular weight excluding hydrogens is 552 g/mol. The van der Waals surface area contributed by atoms with Crippen LogP contribution in [0.1, 0.15) is 44.2 Å². The fourth-order valence-electron chi connectivity index (χ4n) is 6.95. The zero-order chi connectivity index (χ0) is 31.3. The molecule has 0 aromatic heterocycles. The fourth-order valence-corrected chi connectivity index (χ4v) is 6.95. The lowest BCUT2D eigenvalue weighted by Gasteiger charge is -2.44. The van der Waals surface area contributed by atoms with Gasteiger partial charge < -0.3 is 24.3 Å². The summed E-state index contributed by atoms with van der Waals surface area (Å²) in [5, 5.41) is 0. The van der Waals surface area contributed by atoms with Crippen LogP contribution in [0.3, 0.4) is 0 Å². The molecule has 232 valence electrons. The number of likely N-dealkylation sites (tertiary alicyclic amines) is 1. The summed E-state index contributed by atoms with van der Waals surface area (Å²) in [6.07, 6.45) is 1.85. The minimum Gasteiger partial charge on any atom is -0.464 e. The van der Waals surface area contributed by atoms with Crippen LogP contribution in [-0.2, 0) is 24.5 Å². The van der Waals surface area contributed by atoms with Gasteiger partial charge in [-0.3, -0.25) is 9.59 Å². The van der Waals surface area contributed by atoms with Gasteiger partial charge in [0.1, 0.15) is 17.0 Å². The molecule has 5 rings (SSSR count). The monoisotopic (exact) mass is 596 g/mol. The van der Waals surface area contributed by atoms with Gasteiger partial charge in [-0.15, -0.1) is 0 Å². The second-order valence-corrected chi connectivity index (χ2v) is 12.1. The first-order chi connectivity index (χ1) is 21.2. The highest BCUT2D eigenvalue weighted by molar-refractivity contribution is 5.96. The number of carbonyl (C=O) groups excluding carboxylic acids is 3. The van der Waals surface area contributed by atoms with E-state index in [1.807, 2.05) is 105 Å². The van der Waals surface area contributed by atoms with E-state index < -0.39 is 17.0 Å². The number of hydrogen-bond donors (Lipinski definition) is 0. The number of rotatable bonds is 10. The van der Waals surface area contributed by atoms with E-state index >= 15 is 0 Å². The molecular formula is C36H44N4O4. The van der Waals surface area contributed by atoms with Crippen LogP contribution < -0.4 is 4.90 Å². The molecule has 3 aromatic carbocycles. The third kappa shape index (κ3) is 5.71. The van der Waals surface area contributed by atoms with Crippen LogP contribution in [0.2, 0.25) is 0 Å². The van der Waals surface area contributed by atoms with Crippen LogP contribution in [0, 0.1) is 0 Å². The number of likely N-dealkylation sites (N-methyl/N-ethyl adjacent to an activating group) is 1. The molecule has 1 unspecified atom stereocenters. The summed E-state index contributed by atoms with van der Waals surface area (Å²) in [5.74, 6) is -0.354. The van der Waals surface area contributed by atoms with Crippen molar-refractivity contribution in [1.82, 2.24) is 14.7 Å². The number of amides is 2. The third-order valence-corrected chi connectivity index (χ3v) is 9.42. The van der Waals surface area contributed by atoms with Gasteiger partial charge in [0, 0.05) is 32.9 Å². The summed E-state index contributed by atoms with van der Waals surface area (Å²) < 4.78 is 5.28. The molecule has 0 bridgehead atoms. The van der Waals surface area contributed by atoms with Crippen molar-refractivity contribution in [2.24, 2.45) is 0 Å². The smallest absolute Gasteiger partial charge is 0.328 e. The molecule has 2 amide bonds. The lowest BCUT2D eigenvalue weighted by Crippen LogP contribution is -2.57. The summed E-state index contributed by atoms with van der Waals surface area (Å²) in [6, 6.07) is 29.5. The molecule has 0 N–H and O–H groups in total. The molecule has 1 atom stereocenters.